The highest BCUT2D eigenvalue weighted by molar-refractivity contribution is 9.10. The maximum atomic E-state index is 12.7. The maximum Gasteiger partial charge on any atom is 0.318 e. The van der Waals surface area contributed by atoms with Crippen molar-refractivity contribution in [1.82, 2.24) is 0 Å². The molecule has 4 atom stereocenters. The van der Waals surface area contributed by atoms with E-state index in [4.69, 9.17) is 0 Å². The summed E-state index contributed by atoms with van der Waals surface area (Å²) in [5, 5.41) is 33.0. The first-order chi connectivity index (χ1) is 12.0. The number of nitro groups is 1. The zero-order chi connectivity index (χ0) is 19.9. The first kappa shape index (κ1) is 20.5. The first-order valence-corrected chi connectivity index (χ1v) is 9.13. The van der Waals surface area contributed by atoms with Gasteiger partial charge < -0.3 is 10.2 Å². The zero-order valence-corrected chi connectivity index (χ0v) is 16.4. The highest BCUT2D eigenvalue weighted by Crippen LogP contribution is 2.58. The van der Waals surface area contributed by atoms with E-state index in [9.17, 15) is 29.9 Å². The molecule has 1 fully saturated rings. The molecule has 142 valence electrons. The van der Waals surface area contributed by atoms with E-state index in [-0.39, 0.29) is 19.3 Å². The Balaban J connectivity index is 2.98. The average molecular weight is 428 g/mol. The van der Waals surface area contributed by atoms with Crippen molar-refractivity contribution in [3.8, 4) is 0 Å². The van der Waals surface area contributed by atoms with Gasteiger partial charge in [0.05, 0.1) is 5.41 Å². The summed E-state index contributed by atoms with van der Waals surface area (Å²) in [7, 11) is 0. The molecule has 1 aliphatic rings. The van der Waals surface area contributed by atoms with Gasteiger partial charge in [0, 0.05) is 9.40 Å². The van der Waals surface area contributed by atoms with Crippen molar-refractivity contribution < 1.29 is 24.7 Å². The van der Waals surface area contributed by atoms with Crippen LogP contribution >= 0.6 is 15.9 Å². The number of aliphatic carboxylic acids is 1. The summed E-state index contributed by atoms with van der Waals surface area (Å²) in [4.78, 5) is 36.5. The van der Waals surface area contributed by atoms with Crippen LogP contribution in [0, 0.1) is 15.5 Å². The monoisotopic (exact) mass is 427 g/mol. The third-order valence-corrected chi connectivity index (χ3v) is 6.45. The SMILES string of the molecule is CC[C@]1(c2ccc(Br)cc2)[C@H]([N+](=O)[O-])[C@](C)(O)CC[C@@]1(C(C)=O)C(=O)O. The highest BCUT2D eigenvalue weighted by Gasteiger charge is 2.74. The average Bonchev–Trinajstić information content (AvgIpc) is 2.53. The van der Waals surface area contributed by atoms with Gasteiger partial charge in [0.2, 0.25) is 0 Å². The van der Waals surface area contributed by atoms with Crippen molar-refractivity contribution in [1.29, 1.82) is 0 Å². The molecule has 0 radical (unpaired) electrons. The largest absolute Gasteiger partial charge is 0.480 e. The molecular weight excluding hydrogens is 406 g/mol. The topological polar surface area (TPSA) is 118 Å². The summed E-state index contributed by atoms with van der Waals surface area (Å²) in [6, 6.07) is 4.84. The summed E-state index contributed by atoms with van der Waals surface area (Å²) in [6.45, 7) is 4.13. The van der Waals surface area contributed by atoms with E-state index in [1.807, 2.05) is 0 Å². The Kier molecular flexibility index (Phi) is 5.31. The minimum atomic E-state index is -1.99. The molecule has 8 heteroatoms. The van der Waals surface area contributed by atoms with E-state index < -0.39 is 39.1 Å². The highest BCUT2D eigenvalue weighted by atomic mass is 79.9. The second kappa shape index (κ2) is 6.74. The van der Waals surface area contributed by atoms with Gasteiger partial charge in [-0.25, -0.2) is 0 Å². The number of carboxylic acids is 1. The number of nitrogens with zero attached hydrogens (tertiary/aromatic N) is 1. The molecular formula is C18H22BrNO6. The van der Waals surface area contributed by atoms with Crippen molar-refractivity contribution in [3.63, 3.8) is 0 Å². The van der Waals surface area contributed by atoms with E-state index in [0.29, 0.717) is 5.56 Å². The van der Waals surface area contributed by atoms with Crippen molar-refractivity contribution in [3.05, 3.63) is 44.4 Å². The lowest BCUT2D eigenvalue weighted by Gasteiger charge is -2.54. The normalized spacial score (nSPS) is 34.3. The minimum absolute atomic E-state index is 0.0162. The lowest BCUT2D eigenvalue weighted by molar-refractivity contribution is -0.565. The summed E-state index contributed by atoms with van der Waals surface area (Å²) in [5.41, 5.74) is -5.06. The summed E-state index contributed by atoms with van der Waals surface area (Å²) in [6.07, 6.45) is -0.302. The van der Waals surface area contributed by atoms with E-state index in [1.54, 1.807) is 31.2 Å². The van der Waals surface area contributed by atoms with Gasteiger partial charge >= 0.3 is 5.97 Å². The second-order valence-corrected chi connectivity index (χ2v) is 8.06. The van der Waals surface area contributed by atoms with Gasteiger partial charge in [0.15, 0.2) is 0 Å². The number of ketones is 1. The number of carbonyl (C=O) groups excluding carboxylic acids is 1. The Labute approximate surface area is 159 Å². The van der Waals surface area contributed by atoms with Crippen LogP contribution in [0.25, 0.3) is 0 Å². The Hall–Kier alpha value is -1.80. The van der Waals surface area contributed by atoms with Crippen molar-refractivity contribution >= 4 is 27.7 Å². The standard InChI is InChI=1S/C18H22BrNO6/c1-4-17(12-5-7-13(19)8-6-12)14(20(25)26)16(3,24)9-10-18(17,11(2)21)15(22)23/h5-8,14,24H,4,9-10H2,1-3H3,(H,22,23)/t14-,16-,17+,18-/m1/s1. The molecule has 1 aromatic carbocycles. The number of benzene rings is 1. The Morgan fingerprint density at radius 3 is 2.23 bits per heavy atom. The lowest BCUT2D eigenvalue weighted by atomic mass is 9.46. The Morgan fingerprint density at radius 2 is 1.85 bits per heavy atom. The van der Waals surface area contributed by atoms with Gasteiger partial charge in [-0.3, -0.25) is 19.7 Å². The van der Waals surface area contributed by atoms with Gasteiger partial charge in [-0.1, -0.05) is 35.0 Å². The number of hydrogen-bond acceptors (Lipinski definition) is 5. The molecule has 0 spiro atoms. The van der Waals surface area contributed by atoms with Crippen LogP contribution < -0.4 is 0 Å². The van der Waals surface area contributed by atoms with Crippen LogP contribution in [0.3, 0.4) is 0 Å². The molecule has 2 rings (SSSR count). The van der Waals surface area contributed by atoms with E-state index in [1.165, 1.54) is 6.92 Å². The molecule has 0 aliphatic heterocycles. The lowest BCUT2D eigenvalue weighted by Crippen LogP contribution is -2.71. The molecule has 0 amide bonds. The van der Waals surface area contributed by atoms with Gasteiger partial charge in [-0.15, -0.1) is 0 Å². The van der Waals surface area contributed by atoms with Gasteiger partial charge in [-0.2, -0.15) is 0 Å². The van der Waals surface area contributed by atoms with Crippen LogP contribution in [0.2, 0.25) is 0 Å². The summed E-state index contributed by atoms with van der Waals surface area (Å²) < 4.78 is 0.719. The number of halogens is 1. The fourth-order valence-electron chi connectivity index (χ4n) is 4.76. The number of Topliss-reactive ketones (excluding diaryl/α,β-unsaturated/α-hetero) is 1. The van der Waals surface area contributed by atoms with Crippen LogP contribution in [0.4, 0.5) is 0 Å². The van der Waals surface area contributed by atoms with E-state index >= 15 is 0 Å². The van der Waals surface area contributed by atoms with Crippen LogP contribution in [0.5, 0.6) is 0 Å². The number of carbonyl (C=O) groups is 2. The number of carboxylic acid groups (broad SMARTS) is 1. The number of hydrogen-bond donors (Lipinski definition) is 2. The van der Waals surface area contributed by atoms with Crippen LogP contribution in [-0.4, -0.2) is 38.5 Å². The molecule has 7 nitrogen and oxygen atoms in total. The predicted molar refractivity (Wildman–Crippen MR) is 97.5 cm³/mol. The van der Waals surface area contributed by atoms with E-state index in [2.05, 4.69) is 15.9 Å². The van der Waals surface area contributed by atoms with Gasteiger partial charge in [-0.05, 0) is 50.8 Å². The zero-order valence-electron chi connectivity index (χ0n) is 14.9. The first-order valence-electron chi connectivity index (χ1n) is 8.33. The molecule has 26 heavy (non-hydrogen) atoms. The summed E-state index contributed by atoms with van der Waals surface area (Å²) >= 11 is 3.30. The summed E-state index contributed by atoms with van der Waals surface area (Å²) in [5.74, 6) is -2.03. The number of rotatable bonds is 5. The molecule has 0 bridgehead atoms. The van der Waals surface area contributed by atoms with Crippen LogP contribution in [-0.2, 0) is 15.0 Å². The third kappa shape index (κ3) is 2.66. The fraction of sp³-hybridized carbons (Fsp3) is 0.556. The Morgan fingerprint density at radius 1 is 1.31 bits per heavy atom. The second-order valence-electron chi connectivity index (χ2n) is 7.14. The van der Waals surface area contributed by atoms with Crippen molar-refractivity contribution in [2.45, 2.75) is 57.1 Å². The van der Waals surface area contributed by atoms with E-state index in [0.717, 1.165) is 11.4 Å². The third-order valence-electron chi connectivity index (χ3n) is 5.92. The van der Waals surface area contributed by atoms with Crippen molar-refractivity contribution in [2.24, 2.45) is 5.41 Å². The molecule has 0 heterocycles. The quantitative estimate of drug-likeness (QED) is 0.423. The molecule has 2 N–H and O–H groups in total. The molecule has 1 saturated carbocycles. The Bertz CT molecular complexity index is 731. The molecule has 0 saturated heterocycles. The molecule has 0 aromatic heterocycles. The number of aliphatic hydroxyl groups is 1. The molecule has 0 unspecified atom stereocenters. The maximum absolute atomic E-state index is 12.7. The van der Waals surface area contributed by atoms with Gasteiger partial charge in [0.25, 0.3) is 6.04 Å². The van der Waals surface area contributed by atoms with Crippen LogP contribution in [0.15, 0.2) is 28.7 Å². The fourth-order valence-corrected chi connectivity index (χ4v) is 5.03. The van der Waals surface area contributed by atoms with Gasteiger partial charge in [0.1, 0.15) is 16.8 Å². The van der Waals surface area contributed by atoms with Crippen molar-refractivity contribution in [2.75, 3.05) is 0 Å². The molecule has 1 aliphatic carbocycles. The predicted octanol–water partition coefficient (Wildman–Crippen LogP) is 2.95. The minimum Gasteiger partial charge on any atom is -0.480 e. The molecule has 1 aromatic rings. The van der Waals surface area contributed by atoms with Crippen LogP contribution in [0.1, 0.15) is 45.6 Å². The smallest absolute Gasteiger partial charge is 0.318 e.